The molecule has 2 aromatic carbocycles. The Labute approximate surface area is 128 Å². The summed E-state index contributed by atoms with van der Waals surface area (Å²) in [5.74, 6) is 1.18. The minimum atomic E-state index is -0.549. The van der Waals surface area contributed by atoms with E-state index in [1.807, 2.05) is 6.07 Å². The number of hydrogen-bond acceptors (Lipinski definition) is 3. The molecule has 1 N–H and O–H groups in total. The number of rotatable bonds is 5. The molecule has 20 heavy (non-hydrogen) atoms. The maximum Gasteiger partial charge on any atom is 0.137 e. The summed E-state index contributed by atoms with van der Waals surface area (Å²) in [4.78, 5) is 1.15. The van der Waals surface area contributed by atoms with Gasteiger partial charge in [0.2, 0.25) is 0 Å². The molecule has 0 fully saturated rings. The highest BCUT2D eigenvalue weighted by Crippen LogP contribution is 2.30. The molecule has 1 atom stereocenters. The van der Waals surface area contributed by atoms with Gasteiger partial charge < -0.3 is 9.84 Å². The molecule has 2 aromatic rings. The SMILES string of the molecule is COc1cc(C(O)CSc2ccc(C)cc2)ccc1Cl. The second-order valence-electron chi connectivity index (χ2n) is 4.53. The lowest BCUT2D eigenvalue weighted by Crippen LogP contribution is -2.01. The van der Waals surface area contributed by atoms with Crippen molar-refractivity contribution < 1.29 is 9.84 Å². The van der Waals surface area contributed by atoms with Gasteiger partial charge in [-0.2, -0.15) is 0 Å². The van der Waals surface area contributed by atoms with Crippen molar-refractivity contribution in [1.29, 1.82) is 0 Å². The molecule has 0 saturated heterocycles. The molecule has 0 radical (unpaired) electrons. The van der Waals surface area contributed by atoms with Crippen LogP contribution in [0.1, 0.15) is 17.2 Å². The van der Waals surface area contributed by atoms with E-state index in [1.165, 1.54) is 5.56 Å². The molecule has 1 unspecified atom stereocenters. The van der Waals surface area contributed by atoms with Crippen molar-refractivity contribution in [1.82, 2.24) is 0 Å². The van der Waals surface area contributed by atoms with E-state index in [0.717, 1.165) is 10.5 Å². The molecule has 0 aliphatic heterocycles. The van der Waals surface area contributed by atoms with Crippen LogP contribution in [0.4, 0.5) is 0 Å². The van der Waals surface area contributed by atoms with Crippen molar-refractivity contribution in [2.24, 2.45) is 0 Å². The summed E-state index contributed by atoms with van der Waals surface area (Å²) in [6.45, 7) is 2.06. The van der Waals surface area contributed by atoms with Gasteiger partial charge in [0.1, 0.15) is 5.75 Å². The van der Waals surface area contributed by atoms with Crippen LogP contribution < -0.4 is 4.74 Å². The molecule has 2 rings (SSSR count). The zero-order valence-electron chi connectivity index (χ0n) is 11.5. The Kier molecular flexibility index (Phi) is 5.35. The summed E-state index contributed by atoms with van der Waals surface area (Å²) >= 11 is 7.60. The van der Waals surface area contributed by atoms with E-state index in [-0.39, 0.29) is 0 Å². The summed E-state index contributed by atoms with van der Waals surface area (Å²) in [6, 6.07) is 13.6. The highest BCUT2D eigenvalue weighted by atomic mass is 35.5. The molecule has 106 valence electrons. The van der Waals surface area contributed by atoms with Gasteiger partial charge in [0.05, 0.1) is 18.2 Å². The van der Waals surface area contributed by atoms with Crippen molar-refractivity contribution in [3.63, 3.8) is 0 Å². The third-order valence-electron chi connectivity index (χ3n) is 2.99. The molecule has 0 amide bonds. The summed E-state index contributed by atoms with van der Waals surface area (Å²) < 4.78 is 5.16. The number of hydrogen-bond donors (Lipinski definition) is 1. The largest absolute Gasteiger partial charge is 0.495 e. The Balaban J connectivity index is 2.01. The molecule has 0 heterocycles. The van der Waals surface area contributed by atoms with Crippen LogP contribution in [0.15, 0.2) is 47.4 Å². The lowest BCUT2D eigenvalue weighted by molar-refractivity contribution is 0.203. The van der Waals surface area contributed by atoms with Crippen LogP contribution in [0.25, 0.3) is 0 Å². The Morgan fingerprint density at radius 2 is 1.90 bits per heavy atom. The van der Waals surface area contributed by atoms with Gasteiger partial charge in [-0.25, -0.2) is 0 Å². The molecular formula is C16H17ClO2S. The first-order chi connectivity index (χ1) is 9.60. The lowest BCUT2D eigenvalue weighted by Gasteiger charge is -2.13. The first-order valence-electron chi connectivity index (χ1n) is 6.31. The fourth-order valence-electron chi connectivity index (χ4n) is 1.79. The van der Waals surface area contributed by atoms with Gasteiger partial charge in [0.15, 0.2) is 0 Å². The molecule has 0 aromatic heterocycles. The quantitative estimate of drug-likeness (QED) is 0.826. The number of aryl methyl sites for hydroxylation is 1. The van der Waals surface area contributed by atoms with Gasteiger partial charge in [0, 0.05) is 10.6 Å². The molecular weight excluding hydrogens is 292 g/mol. The summed E-state index contributed by atoms with van der Waals surface area (Å²) in [5, 5.41) is 10.8. The van der Waals surface area contributed by atoms with Gasteiger partial charge in [-0.3, -0.25) is 0 Å². The highest BCUT2D eigenvalue weighted by molar-refractivity contribution is 7.99. The zero-order chi connectivity index (χ0) is 14.5. The summed E-state index contributed by atoms with van der Waals surface area (Å²) in [7, 11) is 1.57. The zero-order valence-corrected chi connectivity index (χ0v) is 13.0. The molecule has 0 bridgehead atoms. The van der Waals surface area contributed by atoms with Crippen LogP contribution in [-0.2, 0) is 0 Å². The van der Waals surface area contributed by atoms with E-state index in [4.69, 9.17) is 16.3 Å². The minimum absolute atomic E-state index is 0.549. The number of methoxy groups -OCH3 is 1. The fourth-order valence-corrected chi connectivity index (χ4v) is 2.86. The van der Waals surface area contributed by atoms with E-state index in [2.05, 4.69) is 31.2 Å². The van der Waals surface area contributed by atoms with Gasteiger partial charge in [-0.1, -0.05) is 35.4 Å². The number of halogens is 1. The van der Waals surface area contributed by atoms with Crippen LogP contribution in [0.3, 0.4) is 0 Å². The van der Waals surface area contributed by atoms with Crippen molar-refractivity contribution in [2.75, 3.05) is 12.9 Å². The number of benzene rings is 2. The average molecular weight is 309 g/mol. The second kappa shape index (κ2) is 7.02. The fraction of sp³-hybridized carbons (Fsp3) is 0.250. The molecule has 0 spiro atoms. The Morgan fingerprint density at radius 3 is 2.55 bits per heavy atom. The third kappa shape index (κ3) is 3.92. The molecule has 0 aliphatic rings. The van der Waals surface area contributed by atoms with Crippen LogP contribution in [0, 0.1) is 6.92 Å². The third-order valence-corrected chi connectivity index (χ3v) is 4.39. The van der Waals surface area contributed by atoms with Crippen LogP contribution in [-0.4, -0.2) is 18.0 Å². The van der Waals surface area contributed by atoms with E-state index in [0.29, 0.717) is 16.5 Å². The minimum Gasteiger partial charge on any atom is -0.495 e. The smallest absolute Gasteiger partial charge is 0.137 e. The summed E-state index contributed by atoms with van der Waals surface area (Å²) in [6.07, 6.45) is -0.549. The average Bonchev–Trinajstić information content (AvgIpc) is 2.47. The lowest BCUT2D eigenvalue weighted by atomic mass is 10.1. The van der Waals surface area contributed by atoms with Crippen molar-refractivity contribution >= 4 is 23.4 Å². The van der Waals surface area contributed by atoms with Gasteiger partial charge in [0.25, 0.3) is 0 Å². The van der Waals surface area contributed by atoms with E-state index in [1.54, 1.807) is 31.0 Å². The standard InChI is InChI=1S/C16H17ClO2S/c1-11-3-6-13(7-4-11)20-10-15(18)12-5-8-14(17)16(9-12)19-2/h3-9,15,18H,10H2,1-2H3. The first-order valence-corrected chi connectivity index (χ1v) is 7.67. The van der Waals surface area contributed by atoms with Gasteiger partial charge in [-0.15, -0.1) is 11.8 Å². The maximum atomic E-state index is 10.2. The van der Waals surface area contributed by atoms with Crippen LogP contribution >= 0.6 is 23.4 Å². The number of aliphatic hydroxyl groups excluding tert-OH is 1. The predicted octanol–water partition coefficient (Wildman–Crippen LogP) is 4.48. The molecule has 0 aliphatic carbocycles. The van der Waals surface area contributed by atoms with Crippen molar-refractivity contribution in [3.05, 3.63) is 58.6 Å². The van der Waals surface area contributed by atoms with Crippen LogP contribution in [0.5, 0.6) is 5.75 Å². The predicted molar refractivity (Wildman–Crippen MR) is 84.9 cm³/mol. The summed E-state index contributed by atoms with van der Waals surface area (Å²) in [5.41, 5.74) is 2.04. The second-order valence-corrected chi connectivity index (χ2v) is 6.03. The Morgan fingerprint density at radius 1 is 1.20 bits per heavy atom. The first kappa shape index (κ1) is 15.2. The molecule has 0 saturated carbocycles. The molecule has 2 nitrogen and oxygen atoms in total. The van der Waals surface area contributed by atoms with Gasteiger partial charge in [-0.05, 0) is 36.8 Å². The topological polar surface area (TPSA) is 29.5 Å². The monoisotopic (exact) mass is 308 g/mol. The maximum absolute atomic E-state index is 10.2. The Bertz CT molecular complexity index is 569. The van der Waals surface area contributed by atoms with Crippen molar-refractivity contribution in [3.8, 4) is 5.75 Å². The number of ether oxygens (including phenoxy) is 1. The Hall–Kier alpha value is -1.16. The number of thioether (sulfide) groups is 1. The van der Waals surface area contributed by atoms with Crippen molar-refractivity contribution in [2.45, 2.75) is 17.9 Å². The van der Waals surface area contributed by atoms with Gasteiger partial charge >= 0.3 is 0 Å². The van der Waals surface area contributed by atoms with E-state index in [9.17, 15) is 5.11 Å². The van der Waals surface area contributed by atoms with E-state index >= 15 is 0 Å². The normalized spacial score (nSPS) is 12.2. The van der Waals surface area contributed by atoms with Crippen LogP contribution in [0.2, 0.25) is 5.02 Å². The number of aliphatic hydroxyl groups is 1. The van der Waals surface area contributed by atoms with E-state index < -0.39 is 6.10 Å². The highest BCUT2D eigenvalue weighted by Gasteiger charge is 2.11. The molecule has 4 heteroatoms.